The van der Waals surface area contributed by atoms with Crippen LogP contribution < -0.4 is 5.73 Å². The fourth-order valence-corrected chi connectivity index (χ4v) is 1.57. The van der Waals surface area contributed by atoms with E-state index in [9.17, 15) is 13.2 Å². The predicted molar refractivity (Wildman–Crippen MR) is 63.1 cm³/mol. The Balaban J connectivity index is 2.20. The van der Waals surface area contributed by atoms with Crippen LogP contribution >= 0.6 is 0 Å². The van der Waals surface area contributed by atoms with E-state index in [1.807, 2.05) is 0 Å². The Kier molecular flexibility index (Phi) is 3.59. The van der Waals surface area contributed by atoms with Crippen molar-refractivity contribution in [3.8, 4) is 0 Å². The highest BCUT2D eigenvalue weighted by molar-refractivity contribution is 5.93. The van der Waals surface area contributed by atoms with Gasteiger partial charge in [0.15, 0.2) is 0 Å². The van der Waals surface area contributed by atoms with Gasteiger partial charge in [-0.2, -0.15) is 13.2 Å². The summed E-state index contributed by atoms with van der Waals surface area (Å²) in [6.07, 6.45) is -3.11. The van der Waals surface area contributed by atoms with E-state index in [2.05, 4.69) is 15.2 Å². The van der Waals surface area contributed by atoms with Crippen molar-refractivity contribution in [2.24, 2.45) is 10.9 Å². The molecule has 0 fully saturated rings. The molecule has 0 radical (unpaired) electrons. The van der Waals surface area contributed by atoms with Crippen LogP contribution in [0.2, 0.25) is 0 Å². The lowest BCUT2D eigenvalue weighted by molar-refractivity contribution is -0.137. The standard InChI is InChI=1S/C11H10F3N5O/c12-11(13,14)8-3-1-2-7(4-8)5-19-6-16-10(17-19)9(15)18-20/h1-4,6,20H,5H2,(H2,15,18). The van der Waals surface area contributed by atoms with E-state index in [4.69, 9.17) is 10.9 Å². The molecule has 0 aliphatic heterocycles. The summed E-state index contributed by atoms with van der Waals surface area (Å²) in [6.45, 7) is 0.0929. The van der Waals surface area contributed by atoms with Gasteiger partial charge < -0.3 is 10.9 Å². The van der Waals surface area contributed by atoms with Gasteiger partial charge in [0.1, 0.15) is 6.33 Å². The highest BCUT2D eigenvalue weighted by Gasteiger charge is 2.30. The number of halogens is 3. The molecule has 0 saturated carbocycles. The second-order valence-electron chi connectivity index (χ2n) is 3.95. The van der Waals surface area contributed by atoms with Gasteiger partial charge in [0, 0.05) is 0 Å². The molecule has 6 nitrogen and oxygen atoms in total. The zero-order chi connectivity index (χ0) is 14.8. The lowest BCUT2D eigenvalue weighted by atomic mass is 10.1. The molecular formula is C11H10F3N5O. The molecule has 0 spiro atoms. The smallest absolute Gasteiger partial charge is 0.409 e. The fourth-order valence-electron chi connectivity index (χ4n) is 1.57. The van der Waals surface area contributed by atoms with Crippen molar-refractivity contribution in [2.45, 2.75) is 12.7 Å². The minimum absolute atomic E-state index is 0.000485. The summed E-state index contributed by atoms with van der Waals surface area (Å²) >= 11 is 0. The molecule has 0 saturated heterocycles. The third-order valence-corrected chi connectivity index (χ3v) is 2.47. The molecule has 106 valence electrons. The van der Waals surface area contributed by atoms with E-state index >= 15 is 0 Å². The Labute approximate surface area is 111 Å². The highest BCUT2D eigenvalue weighted by Crippen LogP contribution is 2.29. The van der Waals surface area contributed by atoms with Crippen molar-refractivity contribution in [2.75, 3.05) is 0 Å². The van der Waals surface area contributed by atoms with Crippen LogP contribution in [-0.4, -0.2) is 25.8 Å². The first-order chi connectivity index (χ1) is 9.40. The number of nitrogens with two attached hydrogens (primary N) is 1. The van der Waals surface area contributed by atoms with Gasteiger partial charge in [0.2, 0.25) is 11.7 Å². The van der Waals surface area contributed by atoms with Crippen molar-refractivity contribution in [1.29, 1.82) is 0 Å². The van der Waals surface area contributed by atoms with Crippen molar-refractivity contribution < 1.29 is 18.4 Å². The molecule has 1 aromatic heterocycles. The average molecular weight is 285 g/mol. The van der Waals surface area contributed by atoms with Gasteiger partial charge in [-0.3, -0.25) is 0 Å². The van der Waals surface area contributed by atoms with Crippen LogP contribution in [0.4, 0.5) is 13.2 Å². The summed E-state index contributed by atoms with van der Waals surface area (Å²) in [4.78, 5) is 3.77. The molecule has 1 aromatic carbocycles. The van der Waals surface area contributed by atoms with Gasteiger partial charge in [-0.05, 0) is 17.7 Å². The van der Waals surface area contributed by atoms with Crippen molar-refractivity contribution in [3.05, 3.63) is 47.5 Å². The van der Waals surface area contributed by atoms with Crippen LogP contribution in [0.15, 0.2) is 35.7 Å². The fraction of sp³-hybridized carbons (Fsp3) is 0.182. The quantitative estimate of drug-likeness (QED) is 0.386. The second-order valence-corrected chi connectivity index (χ2v) is 3.95. The van der Waals surface area contributed by atoms with Crippen molar-refractivity contribution in [1.82, 2.24) is 14.8 Å². The highest BCUT2D eigenvalue weighted by atomic mass is 19.4. The van der Waals surface area contributed by atoms with Crippen LogP contribution in [-0.2, 0) is 12.7 Å². The summed E-state index contributed by atoms with van der Waals surface area (Å²) in [7, 11) is 0. The molecule has 0 atom stereocenters. The molecule has 20 heavy (non-hydrogen) atoms. The molecular weight excluding hydrogens is 275 g/mol. The Morgan fingerprint density at radius 2 is 2.15 bits per heavy atom. The number of aromatic nitrogens is 3. The molecule has 3 N–H and O–H groups in total. The number of hydrogen-bond acceptors (Lipinski definition) is 4. The first kappa shape index (κ1) is 13.8. The van der Waals surface area contributed by atoms with Crippen LogP contribution in [0.25, 0.3) is 0 Å². The summed E-state index contributed by atoms with van der Waals surface area (Å²) in [5.41, 5.74) is 4.98. The third kappa shape index (κ3) is 3.05. The van der Waals surface area contributed by atoms with E-state index in [-0.39, 0.29) is 18.2 Å². The van der Waals surface area contributed by atoms with Gasteiger partial charge in [-0.25, -0.2) is 9.67 Å². The zero-order valence-electron chi connectivity index (χ0n) is 10.0. The molecule has 9 heteroatoms. The number of alkyl halides is 3. The van der Waals surface area contributed by atoms with Crippen LogP contribution in [0, 0.1) is 0 Å². The van der Waals surface area contributed by atoms with Gasteiger partial charge >= 0.3 is 6.18 Å². The van der Waals surface area contributed by atoms with Gasteiger partial charge in [-0.1, -0.05) is 17.3 Å². The molecule has 0 aliphatic carbocycles. The number of nitrogens with zero attached hydrogens (tertiary/aromatic N) is 4. The maximum atomic E-state index is 12.6. The molecule has 0 aliphatic rings. The monoisotopic (exact) mass is 285 g/mol. The number of oxime groups is 1. The minimum atomic E-state index is -4.39. The Morgan fingerprint density at radius 1 is 1.40 bits per heavy atom. The third-order valence-electron chi connectivity index (χ3n) is 2.47. The summed E-state index contributed by atoms with van der Waals surface area (Å²) in [6, 6.07) is 4.89. The number of benzene rings is 1. The maximum absolute atomic E-state index is 12.6. The number of hydrogen-bond donors (Lipinski definition) is 2. The minimum Gasteiger partial charge on any atom is -0.409 e. The second kappa shape index (κ2) is 5.19. The molecule has 2 aromatic rings. The van der Waals surface area contributed by atoms with Crippen LogP contribution in [0.3, 0.4) is 0 Å². The predicted octanol–water partition coefficient (Wildman–Crippen LogP) is 1.44. The number of amidine groups is 1. The summed E-state index contributed by atoms with van der Waals surface area (Å²) < 4.78 is 39.0. The van der Waals surface area contributed by atoms with Crippen molar-refractivity contribution >= 4 is 5.84 Å². The normalized spacial score (nSPS) is 12.7. The van der Waals surface area contributed by atoms with E-state index < -0.39 is 11.7 Å². The summed E-state index contributed by atoms with van der Waals surface area (Å²) in [5.74, 6) is -0.271. The van der Waals surface area contributed by atoms with E-state index in [0.29, 0.717) is 5.56 Å². The maximum Gasteiger partial charge on any atom is 0.416 e. The zero-order valence-corrected chi connectivity index (χ0v) is 10.0. The van der Waals surface area contributed by atoms with Crippen molar-refractivity contribution in [3.63, 3.8) is 0 Å². The Morgan fingerprint density at radius 3 is 2.80 bits per heavy atom. The van der Waals surface area contributed by atoms with E-state index in [1.54, 1.807) is 6.07 Å². The molecule has 0 amide bonds. The van der Waals surface area contributed by atoms with E-state index in [1.165, 1.54) is 17.1 Å². The lowest BCUT2D eigenvalue weighted by Gasteiger charge is -2.08. The Bertz CT molecular complexity index is 635. The van der Waals surface area contributed by atoms with Gasteiger partial charge in [0.25, 0.3) is 0 Å². The van der Waals surface area contributed by atoms with Gasteiger partial charge in [-0.15, -0.1) is 5.10 Å². The first-order valence-electron chi connectivity index (χ1n) is 5.43. The first-order valence-corrected chi connectivity index (χ1v) is 5.43. The topological polar surface area (TPSA) is 89.3 Å². The molecule has 2 rings (SSSR count). The van der Waals surface area contributed by atoms with Crippen LogP contribution in [0.1, 0.15) is 17.0 Å². The average Bonchev–Trinajstić information content (AvgIpc) is 2.85. The molecule has 0 bridgehead atoms. The Hall–Kier alpha value is -2.58. The van der Waals surface area contributed by atoms with Crippen LogP contribution in [0.5, 0.6) is 0 Å². The largest absolute Gasteiger partial charge is 0.416 e. The lowest BCUT2D eigenvalue weighted by Crippen LogP contribution is -2.15. The molecule has 0 unspecified atom stereocenters. The summed E-state index contributed by atoms with van der Waals surface area (Å²) in [5, 5.41) is 15.1. The molecule has 1 heterocycles. The SMILES string of the molecule is NC(=NO)c1ncn(Cc2cccc(C(F)(F)F)c2)n1. The number of rotatable bonds is 3. The van der Waals surface area contributed by atoms with Gasteiger partial charge in [0.05, 0.1) is 12.1 Å². The van der Waals surface area contributed by atoms with E-state index in [0.717, 1.165) is 12.1 Å².